The van der Waals surface area contributed by atoms with Gasteiger partial charge < -0.3 is 15.0 Å². The Morgan fingerprint density at radius 1 is 1.39 bits per heavy atom. The summed E-state index contributed by atoms with van der Waals surface area (Å²) in [6, 6.07) is 0. The van der Waals surface area contributed by atoms with Crippen LogP contribution in [-0.4, -0.2) is 38.8 Å². The van der Waals surface area contributed by atoms with Crippen molar-refractivity contribution in [2.45, 2.75) is 33.2 Å². The first-order valence-corrected chi connectivity index (χ1v) is 7.43. The molecule has 104 valence electrons. The second-order valence-electron chi connectivity index (χ2n) is 4.30. The monoisotopic (exact) mass is 271 g/mol. The first-order valence-electron chi connectivity index (χ1n) is 6.62. The van der Waals surface area contributed by atoms with Crippen LogP contribution in [0.4, 0.5) is 5.13 Å². The van der Waals surface area contributed by atoms with Crippen LogP contribution in [0.3, 0.4) is 0 Å². The molecule has 0 atom stereocenters. The topological polar surface area (TPSA) is 37.4 Å². The lowest BCUT2D eigenvalue weighted by Gasteiger charge is -2.11. The zero-order valence-corrected chi connectivity index (χ0v) is 12.8. The van der Waals surface area contributed by atoms with Crippen LogP contribution in [0, 0.1) is 0 Å². The third-order valence-corrected chi connectivity index (χ3v) is 4.04. The number of anilines is 1. The van der Waals surface area contributed by atoms with E-state index in [-0.39, 0.29) is 0 Å². The van der Waals surface area contributed by atoms with Crippen LogP contribution >= 0.6 is 11.3 Å². The van der Waals surface area contributed by atoms with E-state index in [4.69, 9.17) is 9.72 Å². The van der Waals surface area contributed by atoms with E-state index in [1.165, 1.54) is 10.6 Å². The smallest absolute Gasteiger partial charge is 0.185 e. The molecule has 0 aliphatic heterocycles. The SMILES string of the molecule is CCCc1nc(N(C)CC)sc1CNCCOC. The summed E-state index contributed by atoms with van der Waals surface area (Å²) in [5.41, 5.74) is 1.25. The van der Waals surface area contributed by atoms with Gasteiger partial charge in [0.1, 0.15) is 0 Å². The normalized spacial score (nSPS) is 10.9. The van der Waals surface area contributed by atoms with Gasteiger partial charge in [-0.3, -0.25) is 0 Å². The third-order valence-electron chi connectivity index (χ3n) is 2.82. The van der Waals surface area contributed by atoms with E-state index in [0.717, 1.165) is 44.2 Å². The number of methoxy groups -OCH3 is 1. The summed E-state index contributed by atoms with van der Waals surface area (Å²) in [5, 5.41) is 4.53. The maximum Gasteiger partial charge on any atom is 0.185 e. The number of nitrogens with one attached hydrogen (secondary N) is 1. The molecule has 0 spiro atoms. The lowest BCUT2D eigenvalue weighted by Crippen LogP contribution is -2.18. The van der Waals surface area contributed by atoms with Gasteiger partial charge in [0.2, 0.25) is 0 Å². The summed E-state index contributed by atoms with van der Waals surface area (Å²) in [6.45, 7) is 7.88. The molecular weight excluding hydrogens is 246 g/mol. The zero-order valence-electron chi connectivity index (χ0n) is 12.0. The maximum absolute atomic E-state index is 5.04. The van der Waals surface area contributed by atoms with Crippen molar-refractivity contribution >= 4 is 16.5 Å². The molecule has 0 aromatic carbocycles. The molecule has 1 heterocycles. The molecular formula is C13H25N3OS. The second kappa shape index (κ2) is 8.45. The largest absolute Gasteiger partial charge is 0.383 e. The van der Waals surface area contributed by atoms with Crippen molar-refractivity contribution in [2.24, 2.45) is 0 Å². The summed E-state index contributed by atoms with van der Waals surface area (Å²) in [5.74, 6) is 0. The summed E-state index contributed by atoms with van der Waals surface area (Å²) in [4.78, 5) is 8.30. The number of hydrogen-bond acceptors (Lipinski definition) is 5. The molecule has 0 radical (unpaired) electrons. The molecule has 4 nitrogen and oxygen atoms in total. The van der Waals surface area contributed by atoms with Crippen molar-refractivity contribution in [1.82, 2.24) is 10.3 Å². The fourth-order valence-electron chi connectivity index (χ4n) is 1.61. The van der Waals surface area contributed by atoms with E-state index in [0.29, 0.717) is 0 Å². The minimum absolute atomic E-state index is 0.754. The van der Waals surface area contributed by atoms with Crippen molar-refractivity contribution in [3.63, 3.8) is 0 Å². The Kier molecular flexibility index (Phi) is 7.23. The second-order valence-corrected chi connectivity index (χ2v) is 5.36. The number of aryl methyl sites for hydroxylation is 1. The van der Waals surface area contributed by atoms with E-state index < -0.39 is 0 Å². The van der Waals surface area contributed by atoms with Gasteiger partial charge in [-0.15, -0.1) is 11.3 Å². The Hall–Kier alpha value is -0.650. The van der Waals surface area contributed by atoms with Gasteiger partial charge in [0.15, 0.2) is 5.13 Å². The first-order chi connectivity index (χ1) is 8.72. The Morgan fingerprint density at radius 3 is 2.78 bits per heavy atom. The number of aromatic nitrogens is 1. The highest BCUT2D eigenvalue weighted by Gasteiger charge is 2.12. The summed E-state index contributed by atoms with van der Waals surface area (Å²) >= 11 is 1.80. The summed E-state index contributed by atoms with van der Waals surface area (Å²) < 4.78 is 5.04. The Bertz CT molecular complexity index is 341. The van der Waals surface area contributed by atoms with Crippen molar-refractivity contribution in [3.8, 4) is 0 Å². The van der Waals surface area contributed by atoms with E-state index in [9.17, 15) is 0 Å². The zero-order chi connectivity index (χ0) is 13.4. The Labute approximate surface area is 114 Å². The van der Waals surface area contributed by atoms with Gasteiger partial charge in [-0.25, -0.2) is 4.98 Å². The fraction of sp³-hybridized carbons (Fsp3) is 0.769. The molecule has 1 aromatic heterocycles. The molecule has 0 aliphatic rings. The lowest BCUT2D eigenvalue weighted by molar-refractivity contribution is 0.199. The average Bonchev–Trinajstić information content (AvgIpc) is 2.77. The van der Waals surface area contributed by atoms with Crippen LogP contribution in [0.5, 0.6) is 0 Å². The minimum Gasteiger partial charge on any atom is -0.383 e. The van der Waals surface area contributed by atoms with Crippen LogP contribution in [0.25, 0.3) is 0 Å². The van der Waals surface area contributed by atoms with Gasteiger partial charge in [-0.05, 0) is 13.3 Å². The highest BCUT2D eigenvalue weighted by atomic mass is 32.1. The molecule has 0 saturated heterocycles. The predicted molar refractivity (Wildman–Crippen MR) is 78.6 cm³/mol. The van der Waals surface area contributed by atoms with Gasteiger partial charge in [0, 0.05) is 38.7 Å². The van der Waals surface area contributed by atoms with Gasteiger partial charge in [-0.1, -0.05) is 13.3 Å². The molecule has 1 aromatic rings. The predicted octanol–water partition coefficient (Wildman–Crippen LogP) is 2.29. The van der Waals surface area contributed by atoms with Crippen LogP contribution in [-0.2, 0) is 17.7 Å². The lowest BCUT2D eigenvalue weighted by atomic mass is 10.2. The Morgan fingerprint density at radius 2 is 2.17 bits per heavy atom. The van der Waals surface area contributed by atoms with Crippen molar-refractivity contribution in [1.29, 1.82) is 0 Å². The first kappa shape index (κ1) is 15.4. The van der Waals surface area contributed by atoms with Gasteiger partial charge in [0.25, 0.3) is 0 Å². The molecule has 1 rings (SSSR count). The Balaban J connectivity index is 2.64. The highest BCUT2D eigenvalue weighted by molar-refractivity contribution is 7.15. The van der Waals surface area contributed by atoms with Gasteiger partial charge >= 0.3 is 0 Å². The third kappa shape index (κ3) is 4.55. The van der Waals surface area contributed by atoms with Crippen molar-refractivity contribution in [3.05, 3.63) is 10.6 Å². The van der Waals surface area contributed by atoms with Crippen LogP contribution in [0.2, 0.25) is 0 Å². The fourth-order valence-corrected chi connectivity index (χ4v) is 2.72. The molecule has 0 fully saturated rings. The molecule has 5 heteroatoms. The minimum atomic E-state index is 0.754. The van der Waals surface area contributed by atoms with E-state index in [2.05, 4.69) is 31.1 Å². The number of hydrogen-bond donors (Lipinski definition) is 1. The number of thiazole rings is 1. The molecule has 18 heavy (non-hydrogen) atoms. The molecule has 0 bridgehead atoms. The standard InChI is InChI=1S/C13H25N3OS/c1-5-7-11-12(10-14-8-9-17-4)18-13(15-11)16(3)6-2/h14H,5-10H2,1-4H3. The summed E-state index contributed by atoms with van der Waals surface area (Å²) in [7, 11) is 3.82. The molecule has 0 unspecified atom stereocenters. The molecule has 0 aliphatic carbocycles. The van der Waals surface area contributed by atoms with E-state index in [1.54, 1.807) is 18.4 Å². The van der Waals surface area contributed by atoms with Crippen LogP contribution < -0.4 is 10.2 Å². The number of rotatable bonds is 9. The maximum atomic E-state index is 5.04. The quantitative estimate of drug-likeness (QED) is 0.699. The summed E-state index contributed by atoms with van der Waals surface area (Å²) in [6.07, 6.45) is 2.21. The van der Waals surface area contributed by atoms with Crippen LogP contribution in [0.1, 0.15) is 30.8 Å². The molecule has 1 N–H and O–H groups in total. The van der Waals surface area contributed by atoms with Gasteiger partial charge in [-0.2, -0.15) is 0 Å². The van der Waals surface area contributed by atoms with Gasteiger partial charge in [0.05, 0.1) is 12.3 Å². The van der Waals surface area contributed by atoms with E-state index >= 15 is 0 Å². The number of ether oxygens (including phenoxy) is 1. The van der Waals surface area contributed by atoms with Crippen molar-refractivity contribution < 1.29 is 4.74 Å². The number of nitrogens with zero attached hydrogens (tertiary/aromatic N) is 2. The molecule has 0 saturated carbocycles. The molecule has 0 amide bonds. The highest BCUT2D eigenvalue weighted by Crippen LogP contribution is 2.26. The average molecular weight is 271 g/mol. The van der Waals surface area contributed by atoms with Crippen molar-refractivity contribution in [2.75, 3.05) is 38.8 Å². The van der Waals surface area contributed by atoms with E-state index in [1.807, 2.05) is 0 Å². The van der Waals surface area contributed by atoms with Crippen LogP contribution in [0.15, 0.2) is 0 Å².